The van der Waals surface area contributed by atoms with Gasteiger partial charge in [-0.2, -0.15) is 0 Å². The van der Waals surface area contributed by atoms with E-state index in [0.29, 0.717) is 21.9 Å². The summed E-state index contributed by atoms with van der Waals surface area (Å²) in [7, 11) is 1.56. The molecule has 1 aliphatic rings. The lowest BCUT2D eigenvalue weighted by Gasteiger charge is -2.25. The normalized spacial score (nSPS) is 17.6. The molecule has 0 bridgehead atoms. The summed E-state index contributed by atoms with van der Waals surface area (Å²) in [4.78, 5) is 31.7. The number of carbonyl (C=O) groups excluding carboxylic acids is 2. The molecule has 6 nitrogen and oxygen atoms in total. The van der Waals surface area contributed by atoms with E-state index < -0.39 is 17.7 Å². The Morgan fingerprint density at radius 3 is 2.53 bits per heavy atom. The molecule has 1 N–H and O–H groups in total. The van der Waals surface area contributed by atoms with Crippen molar-refractivity contribution in [2.45, 2.75) is 19.5 Å². The number of nitrogens with zero attached hydrogens (tertiary/aromatic N) is 2. The van der Waals surface area contributed by atoms with Crippen LogP contribution < -0.4 is 4.74 Å². The van der Waals surface area contributed by atoms with Crippen LogP contribution in [0.5, 0.6) is 5.75 Å². The lowest BCUT2D eigenvalue weighted by atomic mass is 9.94. The Morgan fingerprint density at radius 2 is 1.91 bits per heavy atom. The molecule has 0 aliphatic carbocycles. The van der Waals surface area contributed by atoms with Gasteiger partial charge >= 0.3 is 0 Å². The number of hydrogen-bond donors (Lipinski definition) is 1. The van der Waals surface area contributed by atoms with Crippen molar-refractivity contribution < 1.29 is 19.4 Å². The first-order chi connectivity index (χ1) is 15.4. The van der Waals surface area contributed by atoms with Crippen LogP contribution in [-0.4, -0.2) is 33.8 Å². The van der Waals surface area contributed by atoms with Crippen molar-refractivity contribution in [3.8, 4) is 5.75 Å². The van der Waals surface area contributed by atoms with E-state index in [-0.39, 0.29) is 17.9 Å². The maximum Gasteiger partial charge on any atom is 0.295 e. The Balaban J connectivity index is 1.86. The summed E-state index contributed by atoms with van der Waals surface area (Å²) >= 11 is 6.05. The second kappa shape index (κ2) is 8.85. The van der Waals surface area contributed by atoms with E-state index in [2.05, 4.69) is 4.98 Å². The Kier molecular flexibility index (Phi) is 5.97. The Bertz CT molecular complexity index is 1210. The molecule has 1 atom stereocenters. The first kappa shape index (κ1) is 21.6. The maximum atomic E-state index is 13.1. The first-order valence-electron chi connectivity index (χ1n) is 9.98. The third kappa shape index (κ3) is 3.97. The molecule has 32 heavy (non-hydrogen) atoms. The molecule has 7 heteroatoms. The molecule has 3 aromatic rings. The van der Waals surface area contributed by atoms with Crippen LogP contribution in [0.15, 0.2) is 72.6 Å². The number of aliphatic hydroxyl groups is 1. The maximum absolute atomic E-state index is 13.1. The van der Waals surface area contributed by atoms with E-state index in [0.717, 1.165) is 11.1 Å². The van der Waals surface area contributed by atoms with Gasteiger partial charge in [-0.25, -0.2) is 0 Å². The molecule has 4 rings (SSSR count). The number of benzene rings is 2. The average Bonchev–Trinajstić information content (AvgIpc) is 3.04. The van der Waals surface area contributed by atoms with Crippen LogP contribution in [0.4, 0.5) is 0 Å². The first-order valence-corrected chi connectivity index (χ1v) is 10.4. The van der Waals surface area contributed by atoms with Crippen molar-refractivity contribution in [3.05, 3.63) is 99.8 Å². The summed E-state index contributed by atoms with van der Waals surface area (Å²) in [6.45, 7) is 2.01. The van der Waals surface area contributed by atoms with Crippen molar-refractivity contribution in [2.24, 2.45) is 0 Å². The van der Waals surface area contributed by atoms with E-state index in [1.165, 1.54) is 4.90 Å². The monoisotopic (exact) mass is 448 g/mol. The molecule has 1 aromatic heterocycles. The van der Waals surface area contributed by atoms with Gasteiger partial charge in [0.1, 0.15) is 11.5 Å². The largest absolute Gasteiger partial charge is 0.507 e. The number of Topliss-reactive ketones (excluding diaryl/α,β-unsaturated/α-hetero) is 1. The summed E-state index contributed by atoms with van der Waals surface area (Å²) in [6.07, 6.45) is 3.28. The van der Waals surface area contributed by atoms with Gasteiger partial charge in [0.15, 0.2) is 0 Å². The molecule has 2 aromatic carbocycles. The van der Waals surface area contributed by atoms with Crippen molar-refractivity contribution in [1.29, 1.82) is 0 Å². The van der Waals surface area contributed by atoms with E-state index in [4.69, 9.17) is 16.3 Å². The number of aromatic nitrogens is 1. The highest BCUT2D eigenvalue weighted by atomic mass is 35.5. The van der Waals surface area contributed by atoms with Crippen LogP contribution in [0.25, 0.3) is 5.76 Å². The number of carbonyl (C=O) groups is 2. The minimum absolute atomic E-state index is 0.0331. The number of aryl methyl sites for hydroxylation is 1. The van der Waals surface area contributed by atoms with E-state index in [1.807, 2.05) is 13.0 Å². The van der Waals surface area contributed by atoms with Crippen LogP contribution in [-0.2, 0) is 16.1 Å². The van der Waals surface area contributed by atoms with Crippen molar-refractivity contribution in [3.63, 3.8) is 0 Å². The van der Waals surface area contributed by atoms with Crippen molar-refractivity contribution >= 4 is 29.1 Å². The van der Waals surface area contributed by atoms with Gasteiger partial charge in [-0.05, 0) is 60.0 Å². The Morgan fingerprint density at radius 1 is 1.16 bits per heavy atom. The zero-order valence-corrected chi connectivity index (χ0v) is 18.3. The number of ether oxygens (including phenoxy) is 1. The summed E-state index contributed by atoms with van der Waals surface area (Å²) in [6, 6.07) is 14.8. The Labute approximate surface area is 190 Å². The summed E-state index contributed by atoms with van der Waals surface area (Å²) in [5, 5.41) is 11.7. The third-order valence-corrected chi connectivity index (χ3v) is 5.72. The lowest BCUT2D eigenvalue weighted by molar-refractivity contribution is -0.140. The second-order valence-corrected chi connectivity index (χ2v) is 7.96. The minimum atomic E-state index is -0.769. The van der Waals surface area contributed by atoms with E-state index in [1.54, 1.807) is 68.0 Å². The fraction of sp³-hybridized carbons (Fsp3) is 0.160. The van der Waals surface area contributed by atoms with E-state index in [9.17, 15) is 14.7 Å². The molecule has 1 fully saturated rings. The smallest absolute Gasteiger partial charge is 0.295 e. The predicted octanol–water partition coefficient (Wildman–Crippen LogP) is 4.67. The van der Waals surface area contributed by atoms with Gasteiger partial charge in [0.2, 0.25) is 0 Å². The summed E-state index contributed by atoms with van der Waals surface area (Å²) in [5.74, 6) is -0.990. The number of aliphatic hydroxyl groups excluding tert-OH is 1. The van der Waals surface area contributed by atoms with Gasteiger partial charge in [-0.3, -0.25) is 14.6 Å². The number of ketones is 1. The quantitative estimate of drug-likeness (QED) is 0.348. The molecule has 0 spiro atoms. The zero-order valence-electron chi connectivity index (χ0n) is 17.6. The van der Waals surface area contributed by atoms with Crippen molar-refractivity contribution in [2.75, 3.05) is 7.11 Å². The molecule has 1 saturated heterocycles. The van der Waals surface area contributed by atoms with Crippen molar-refractivity contribution in [1.82, 2.24) is 9.88 Å². The van der Waals surface area contributed by atoms with Crippen LogP contribution in [0.3, 0.4) is 0 Å². The predicted molar refractivity (Wildman–Crippen MR) is 121 cm³/mol. The Hall–Kier alpha value is -3.64. The summed E-state index contributed by atoms with van der Waals surface area (Å²) in [5.41, 5.74) is 2.70. The molecule has 0 radical (unpaired) electrons. The van der Waals surface area contributed by atoms with Gasteiger partial charge in [0, 0.05) is 29.5 Å². The highest BCUT2D eigenvalue weighted by Crippen LogP contribution is 2.40. The van der Waals surface area contributed by atoms with Crippen LogP contribution in [0, 0.1) is 6.92 Å². The molecule has 0 saturated carbocycles. The molecular formula is C25H21ClN2O4. The third-order valence-electron chi connectivity index (χ3n) is 5.47. The number of hydrogen-bond acceptors (Lipinski definition) is 5. The minimum Gasteiger partial charge on any atom is -0.507 e. The van der Waals surface area contributed by atoms with Crippen LogP contribution in [0.1, 0.15) is 28.3 Å². The fourth-order valence-electron chi connectivity index (χ4n) is 3.90. The molecule has 162 valence electrons. The topological polar surface area (TPSA) is 79.7 Å². The number of methoxy groups -OCH3 is 1. The SMILES string of the molecule is COc1ccc(/C(O)=C2\C(=O)C(=O)N(Cc3cccnc3)C2c2ccc(Cl)cc2)cc1C. The lowest BCUT2D eigenvalue weighted by Crippen LogP contribution is -2.29. The van der Waals surface area contributed by atoms with Gasteiger partial charge in [0.25, 0.3) is 11.7 Å². The molecule has 1 aliphatic heterocycles. The van der Waals surface area contributed by atoms with Gasteiger partial charge in [0.05, 0.1) is 18.7 Å². The number of halogens is 1. The van der Waals surface area contributed by atoms with Gasteiger partial charge in [-0.1, -0.05) is 29.8 Å². The number of pyridine rings is 1. The highest BCUT2D eigenvalue weighted by Gasteiger charge is 2.46. The molecule has 2 heterocycles. The van der Waals surface area contributed by atoms with Gasteiger partial charge < -0.3 is 14.7 Å². The second-order valence-electron chi connectivity index (χ2n) is 7.52. The van der Waals surface area contributed by atoms with Crippen LogP contribution >= 0.6 is 11.6 Å². The van der Waals surface area contributed by atoms with Crippen LogP contribution in [0.2, 0.25) is 5.02 Å². The zero-order chi connectivity index (χ0) is 22.8. The molecule has 1 unspecified atom stereocenters. The standard InChI is InChI=1S/C25H21ClN2O4/c1-15-12-18(7-10-20(15)32-2)23(29)21-22(17-5-8-19(26)9-6-17)28(25(31)24(21)30)14-16-4-3-11-27-13-16/h3-13,22,29H,14H2,1-2H3/b23-21+. The highest BCUT2D eigenvalue weighted by molar-refractivity contribution is 6.46. The molecule has 1 amide bonds. The fourth-order valence-corrected chi connectivity index (χ4v) is 4.03. The number of likely N-dealkylation sites (tertiary alicyclic amines) is 1. The summed E-state index contributed by atoms with van der Waals surface area (Å²) < 4.78 is 5.28. The molecular weight excluding hydrogens is 428 g/mol. The average molecular weight is 449 g/mol. The number of amides is 1. The number of rotatable bonds is 5. The van der Waals surface area contributed by atoms with E-state index >= 15 is 0 Å². The van der Waals surface area contributed by atoms with Gasteiger partial charge in [-0.15, -0.1) is 0 Å².